The molecule has 1 amide bonds. The van der Waals surface area contributed by atoms with Gasteiger partial charge in [-0.2, -0.15) is 0 Å². The van der Waals surface area contributed by atoms with Crippen molar-refractivity contribution in [2.24, 2.45) is 5.92 Å². The fourth-order valence-corrected chi connectivity index (χ4v) is 3.39. The largest absolute Gasteiger partial charge is 0.350 e. The van der Waals surface area contributed by atoms with E-state index in [1.54, 1.807) is 0 Å². The molecule has 136 valence electrons. The molecule has 1 rings (SSSR count). The predicted molar refractivity (Wildman–Crippen MR) is 97.9 cm³/mol. The molecule has 0 saturated carbocycles. The van der Waals surface area contributed by atoms with E-state index in [-0.39, 0.29) is 27.4 Å². The first-order valence-electron chi connectivity index (χ1n) is 8.08. The SMILES string of the molecule is CC(C)CCC[C@H](C)NC(=O)c1cc(S(=O)(=O)N(C)C)ccc1Cl. The summed E-state index contributed by atoms with van der Waals surface area (Å²) < 4.78 is 25.5. The maximum atomic E-state index is 12.4. The second kappa shape index (κ2) is 8.83. The first kappa shape index (κ1) is 20.9. The molecular formula is C17H27ClN2O3S. The lowest BCUT2D eigenvalue weighted by Gasteiger charge is -2.16. The molecule has 0 spiro atoms. The smallest absolute Gasteiger partial charge is 0.253 e. The molecule has 0 aromatic heterocycles. The van der Waals surface area contributed by atoms with Gasteiger partial charge in [-0.25, -0.2) is 12.7 Å². The second-order valence-electron chi connectivity index (χ2n) is 6.63. The summed E-state index contributed by atoms with van der Waals surface area (Å²) in [5, 5.41) is 3.12. The average molecular weight is 375 g/mol. The van der Waals surface area contributed by atoms with Crippen molar-refractivity contribution in [3.63, 3.8) is 0 Å². The highest BCUT2D eigenvalue weighted by Gasteiger charge is 2.21. The van der Waals surface area contributed by atoms with Crippen molar-refractivity contribution in [1.82, 2.24) is 9.62 Å². The highest BCUT2D eigenvalue weighted by atomic mass is 35.5. The molecule has 0 unspecified atom stereocenters. The molecule has 7 heteroatoms. The summed E-state index contributed by atoms with van der Waals surface area (Å²) in [4.78, 5) is 12.5. The number of hydrogen-bond donors (Lipinski definition) is 1. The normalized spacial score (nSPS) is 13.3. The Morgan fingerprint density at radius 2 is 1.83 bits per heavy atom. The third-order valence-corrected chi connectivity index (χ3v) is 5.90. The van der Waals surface area contributed by atoms with E-state index in [9.17, 15) is 13.2 Å². The van der Waals surface area contributed by atoms with Crippen molar-refractivity contribution in [2.75, 3.05) is 14.1 Å². The fraction of sp³-hybridized carbons (Fsp3) is 0.588. The Kier molecular flexibility index (Phi) is 7.70. The van der Waals surface area contributed by atoms with Gasteiger partial charge < -0.3 is 5.32 Å². The number of benzene rings is 1. The lowest BCUT2D eigenvalue weighted by molar-refractivity contribution is 0.0937. The summed E-state index contributed by atoms with van der Waals surface area (Å²) in [5.41, 5.74) is 0.176. The van der Waals surface area contributed by atoms with Gasteiger partial charge in [0.15, 0.2) is 0 Å². The number of carbonyl (C=O) groups is 1. The predicted octanol–water partition coefficient (Wildman–Crippen LogP) is 3.53. The molecule has 0 aliphatic rings. The van der Waals surface area contributed by atoms with Crippen molar-refractivity contribution in [3.8, 4) is 0 Å². The highest BCUT2D eigenvalue weighted by molar-refractivity contribution is 7.89. The van der Waals surface area contributed by atoms with Crippen molar-refractivity contribution < 1.29 is 13.2 Å². The van der Waals surface area contributed by atoms with E-state index in [2.05, 4.69) is 19.2 Å². The first-order valence-corrected chi connectivity index (χ1v) is 9.90. The van der Waals surface area contributed by atoms with E-state index in [1.807, 2.05) is 6.92 Å². The van der Waals surface area contributed by atoms with Crippen LogP contribution in [0.5, 0.6) is 0 Å². The van der Waals surface area contributed by atoms with Crippen LogP contribution < -0.4 is 5.32 Å². The van der Waals surface area contributed by atoms with Crippen LogP contribution in [0.15, 0.2) is 23.1 Å². The molecular weight excluding hydrogens is 348 g/mol. The Balaban J connectivity index is 2.87. The summed E-state index contributed by atoms with van der Waals surface area (Å²) in [6.45, 7) is 6.27. The molecule has 0 aliphatic heterocycles. The Bertz CT molecular complexity index is 672. The van der Waals surface area contributed by atoms with Gasteiger partial charge in [-0.05, 0) is 37.5 Å². The Morgan fingerprint density at radius 1 is 1.21 bits per heavy atom. The summed E-state index contributed by atoms with van der Waals surface area (Å²) in [7, 11) is -0.717. The number of nitrogens with zero attached hydrogens (tertiary/aromatic N) is 1. The topological polar surface area (TPSA) is 66.5 Å². The van der Waals surface area contributed by atoms with Crippen LogP contribution >= 0.6 is 11.6 Å². The highest BCUT2D eigenvalue weighted by Crippen LogP contribution is 2.22. The van der Waals surface area contributed by atoms with Crippen molar-refractivity contribution in [3.05, 3.63) is 28.8 Å². The van der Waals surface area contributed by atoms with E-state index >= 15 is 0 Å². The van der Waals surface area contributed by atoms with E-state index in [0.717, 1.165) is 23.6 Å². The van der Waals surface area contributed by atoms with Gasteiger partial charge in [0.2, 0.25) is 10.0 Å². The molecule has 0 bridgehead atoms. The number of hydrogen-bond acceptors (Lipinski definition) is 3. The van der Waals surface area contributed by atoms with E-state index in [0.29, 0.717) is 5.92 Å². The van der Waals surface area contributed by atoms with Crippen LogP contribution in [0.3, 0.4) is 0 Å². The minimum atomic E-state index is -3.61. The van der Waals surface area contributed by atoms with Gasteiger partial charge in [-0.3, -0.25) is 4.79 Å². The Labute approximate surface area is 150 Å². The summed E-state index contributed by atoms with van der Waals surface area (Å²) in [6, 6.07) is 4.17. The van der Waals surface area contributed by atoms with Crippen LogP contribution in [-0.2, 0) is 10.0 Å². The molecule has 0 heterocycles. The Morgan fingerprint density at radius 3 is 2.38 bits per heavy atom. The molecule has 1 N–H and O–H groups in total. The quantitative estimate of drug-likeness (QED) is 0.756. The summed E-state index contributed by atoms with van der Waals surface area (Å²) in [6.07, 6.45) is 3.01. The second-order valence-corrected chi connectivity index (χ2v) is 9.19. The summed E-state index contributed by atoms with van der Waals surface area (Å²) >= 11 is 6.08. The van der Waals surface area contributed by atoms with Gasteiger partial charge >= 0.3 is 0 Å². The standard InChI is InChI=1S/C17H27ClN2O3S/c1-12(2)7-6-8-13(3)19-17(21)15-11-14(9-10-16(15)18)24(22,23)20(4)5/h9-13H,6-8H2,1-5H3,(H,19,21)/t13-/m0/s1. The monoisotopic (exact) mass is 374 g/mol. The fourth-order valence-electron chi connectivity index (χ4n) is 2.26. The number of amides is 1. The molecule has 1 atom stereocenters. The van der Waals surface area contributed by atoms with Crippen molar-refractivity contribution >= 4 is 27.5 Å². The van der Waals surface area contributed by atoms with E-state index in [4.69, 9.17) is 11.6 Å². The lowest BCUT2D eigenvalue weighted by atomic mass is 10.0. The average Bonchev–Trinajstić information content (AvgIpc) is 2.46. The van der Waals surface area contributed by atoms with Crippen molar-refractivity contribution in [2.45, 2.75) is 51.0 Å². The number of nitrogens with one attached hydrogen (secondary N) is 1. The zero-order valence-corrected chi connectivity index (χ0v) is 16.5. The minimum Gasteiger partial charge on any atom is -0.350 e. The molecule has 24 heavy (non-hydrogen) atoms. The van der Waals surface area contributed by atoms with Gasteiger partial charge in [0, 0.05) is 20.1 Å². The first-order chi connectivity index (χ1) is 11.1. The molecule has 1 aromatic rings. The lowest BCUT2D eigenvalue weighted by Crippen LogP contribution is -2.33. The number of carbonyl (C=O) groups excluding carboxylic acids is 1. The third-order valence-electron chi connectivity index (χ3n) is 3.76. The van der Waals surface area contributed by atoms with Crippen LogP contribution in [0.1, 0.15) is 50.4 Å². The molecule has 0 radical (unpaired) electrons. The van der Waals surface area contributed by atoms with Gasteiger partial charge in [-0.1, -0.05) is 38.3 Å². The van der Waals surface area contributed by atoms with Crippen LogP contribution in [0, 0.1) is 5.92 Å². The summed E-state index contributed by atoms with van der Waals surface area (Å²) in [5.74, 6) is 0.281. The van der Waals surface area contributed by atoms with Crippen LogP contribution in [-0.4, -0.2) is 38.8 Å². The van der Waals surface area contributed by atoms with Crippen LogP contribution in [0.25, 0.3) is 0 Å². The molecule has 0 fully saturated rings. The molecule has 0 saturated heterocycles. The van der Waals surface area contributed by atoms with Crippen LogP contribution in [0.2, 0.25) is 5.02 Å². The van der Waals surface area contributed by atoms with Crippen LogP contribution in [0.4, 0.5) is 0 Å². The van der Waals surface area contributed by atoms with Gasteiger partial charge in [0.05, 0.1) is 15.5 Å². The number of rotatable bonds is 8. The van der Waals surface area contributed by atoms with Gasteiger partial charge in [-0.15, -0.1) is 0 Å². The van der Waals surface area contributed by atoms with E-state index in [1.165, 1.54) is 32.3 Å². The zero-order valence-electron chi connectivity index (χ0n) is 15.0. The Hall–Kier alpha value is -1.11. The molecule has 1 aromatic carbocycles. The van der Waals surface area contributed by atoms with Crippen molar-refractivity contribution in [1.29, 1.82) is 0 Å². The number of sulfonamides is 1. The number of halogens is 1. The van der Waals surface area contributed by atoms with E-state index < -0.39 is 10.0 Å². The third kappa shape index (κ3) is 5.76. The molecule has 5 nitrogen and oxygen atoms in total. The minimum absolute atomic E-state index is 0.00132. The maximum Gasteiger partial charge on any atom is 0.253 e. The zero-order chi connectivity index (χ0) is 18.5. The molecule has 0 aliphatic carbocycles. The van der Waals surface area contributed by atoms with Gasteiger partial charge in [0.25, 0.3) is 5.91 Å². The van der Waals surface area contributed by atoms with Gasteiger partial charge in [0.1, 0.15) is 0 Å². The maximum absolute atomic E-state index is 12.4.